The smallest absolute Gasteiger partial charge is 0.242 e. The van der Waals surface area contributed by atoms with Crippen molar-refractivity contribution in [3.63, 3.8) is 0 Å². The molecule has 2 unspecified atom stereocenters. The number of nitrogens with one attached hydrogen (secondary N) is 3. The molecule has 2 atom stereocenters. The standard InChI is InChI=1S/C33H37N5O6/c1-18(33(41)34-17-29-37-24-9-7-8-10-26(24)38(29)3)35-25-14-12-21-22(16-27(25)40)23(36-19(2)39)13-11-20-15-28(42-4)31(43-5)32(44-6)30(20)21/h7-10,12,14-16,18,23H,11,13,17H2,1-6H3,(H,34,41)(H,35,40)(H,36,39). The minimum Gasteiger partial charge on any atom is -0.493 e. The van der Waals surface area contributed by atoms with Crippen LogP contribution in [0, 0.1) is 0 Å². The number of fused-ring (bicyclic) bond motifs is 4. The third kappa shape index (κ3) is 5.77. The average molecular weight is 600 g/mol. The molecule has 0 aliphatic heterocycles. The second kappa shape index (κ2) is 12.7. The van der Waals surface area contributed by atoms with Crippen LogP contribution < -0.4 is 35.6 Å². The van der Waals surface area contributed by atoms with Crippen LogP contribution in [-0.2, 0) is 29.6 Å². The summed E-state index contributed by atoms with van der Waals surface area (Å²) in [5.74, 6) is 1.63. The Labute approximate surface area is 255 Å². The van der Waals surface area contributed by atoms with Crippen molar-refractivity contribution >= 4 is 28.5 Å². The predicted octanol–water partition coefficient (Wildman–Crippen LogP) is 3.87. The van der Waals surface area contributed by atoms with Gasteiger partial charge < -0.3 is 34.7 Å². The molecule has 11 nitrogen and oxygen atoms in total. The Morgan fingerprint density at radius 2 is 1.80 bits per heavy atom. The summed E-state index contributed by atoms with van der Waals surface area (Å²) in [4.78, 5) is 43.5. The molecule has 5 rings (SSSR count). The average Bonchev–Trinajstić information content (AvgIpc) is 3.15. The van der Waals surface area contributed by atoms with E-state index in [-0.39, 0.29) is 29.5 Å². The van der Waals surface area contributed by atoms with Gasteiger partial charge in [-0.2, -0.15) is 0 Å². The zero-order valence-corrected chi connectivity index (χ0v) is 25.7. The number of imidazole rings is 1. The maximum atomic E-state index is 13.6. The van der Waals surface area contributed by atoms with Gasteiger partial charge in [-0.05, 0) is 66.8 Å². The highest BCUT2D eigenvalue weighted by atomic mass is 16.5. The van der Waals surface area contributed by atoms with Gasteiger partial charge in [0.2, 0.25) is 23.0 Å². The number of hydrogen-bond acceptors (Lipinski definition) is 8. The van der Waals surface area contributed by atoms with Crippen LogP contribution in [-0.4, -0.2) is 48.7 Å². The van der Waals surface area contributed by atoms with Gasteiger partial charge in [-0.15, -0.1) is 0 Å². The molecule has 0 radical (unpaired) electrons. The molecule has 11 heteroatoms. The maximum Gasteiger partial charge on any atom is 0.242 e. The lowest BCUT2D eigenvalue weighted by Gasteiger charge is -2.19. The Kier molecular flexibility index (Phi) is 8.75. The predicted molar refractivity (Wildman–Crippen MR) is 168 cm³/mol. The van der Waals surface area contributed by atoms with Crippen LogP contribution in [0.4, 0.5) is 5.69 Å². The van der Waals surface area contributed by atoms with Crippen molar-refractivity contribution in [1.29, 1.82) is 0 Å². The molecule has 230 valence electrons. The molecule has 1 aliphatic carbocycles. The number of hydrogen-bond donors (Lipinski definition) is 3. The van der Waals surface area contributed by atoms with Gasteiger partial charge in [0, 0.05) is 19.5 Å². The van der Waals surface area contributed by atoms with Gasteiger partial charge in [0.05, 0.1) is 50.6 Å². The monoisotopic (exact) mass is 599 g/mol. The largest absolute Gasteiger partial charge is 0.493 e. The number of methoxy groups -OCH3 is 3. The zero-order valence-electron chi connectivity index (χ0n) is 25.7. The maximum absolute atomic E-state index is 13.6. The number of carbonyl (C=O) groups excluding carboxylic acids is 2. The summed E-state index contributed by atoms with van der Waals surface area (Å²) in [6.45, 7) is 3.38. The number of amides is 2. The molecule has 44 heavy (non-hydrogen) atoms. The molecule has 0 saturated carbocycles. The van der Waals surface area contributed by atoms with Crippen molar-refractivity contribution in [2.24, 2.45) is 7.05 Å². The Morgan fingerprint density at radius 3 is 2.48 bits per heavy atom. The second-order valence-corrected chi connectivity index (χ2v) is 10.8. The van der Waals surface area contributed by atoms with Crippen molar-refractivity contribution in [2.45, 2.75) is 45.3 Å². The van der Waals surface area contributed by atoms with E-state index in [0.29, 0.717) is 41.2 Å². The number of para-hydroxylation sites is 2. The quantitative estimate of drug-likeness (QED) is 0.264. The minimum atomic E-state index is -0.725. The number of anilines is 1. The summed E-state index contributed by atoms with van der Waals surface area (Å²) < 4.78 is 19.0. The van der Waals surface area contributed by atoms with Crippen molar-refractivity contribution in [3.8, 4) is 28.4 Å². The van der Waals surface area contributed by atoms with Crippen LogP contribution in [0.25, 0.3) is 22.2 Å². The highest BCUT2D eigenvalue weighted by molar-refractivity contribution is 5.86. The molecule has 0 fully saturated rings. The Bertz CT molecular complexity index is 1800. The fourth-order valence-electron chi connectivity index (χ4n) is 5.80. The van der Waals surface area contributed by atoms with Gasteiger partial charge in [-0.25, -0.2) is 4.98 Å². The zero-order chi connectivity index (χ0) is 31.5. The summed E-state index contributed by atoms with van der Waals surface area (Å²) in [6, 6.07) is 13.5. The molecule has 0 spiro atoms. The lowest BCUT2D eigenvalue weighted by Crippen LogP contribution is -2.38. The minimum absolute atomic E-state index is 0.211. The van der Waals surface area contributed by atoms with E-state index in [1.165, 1.54) is 20.1 Å². The number of benzene rings is 2. The molecule has 4 aromatic rings. The van der Waals surface area contributed by atoms with Crippen molar-refractivity contribution in [1.82, 2.24) is 20.2 Å². The molecule has 2 amide bonds. The van der Waals surface area contributed by atoms with Gasteiger partial charge in [0.15, 0.2) is 11.5 Å². The highest BCUT2D eigenvalue weighted by Gasteiger charge is 2.29. The second-order valence-electron chi connectivity index (χ2n) is 10.8. The van der Waals surface area contributed by atoms with Crippen LogP contribution in [0.5, 0.6) is 17.2 Å². The molecule has 1 aromatic heterocycles. The van der Waals surface area contributed by atoms with E-state index in [1.54, 1.807) is 27.2 Å². The van der Waals surface area contributed by atoms with E-state index in [4.69, 9.17) is 14.2 Å². The topological polar surface area (TPSA) is 133 Å². The van der Waals surface area contributed by atoms with Gasteiger partial charge in [0.1, 0.15) is 11.9 Å². The molecular formula is C33H37N5O6. The Morgan fingerprint density at radius 1 is 1.05 bits per heavy atom. The van der Waals surface area contributed by atoms with E-state index in [0.717, 1.165) is 28.0 Å². The summed E-state index contributed by atoms with van der Waals surface area (Å²) in [6.07, 6.45) is 1.14. The Balaban J connectivity index is 1.49. The lowest BCUT2D eigenvalue weighted by molar-refractivity contribution is -0.122. The molecule has 3 N–H and O–H groups in total. The lowest BCUT2D eigenvalue weighted by atomic mass is 9.95. The van der Waals surface area contributed by atoms with Gasteiger partial charge >= 0.3 is 0 Å². The SMILES string of the molecule is COc1cc2c(c(OC)c1OC)-c1ccc(NC(C)C(=O)NCc3nc4ccccc4n3C)c(=O)cc1C(NC(C)=O)CC2. The summed E-state index contributed by atoms with van der Waals surface area (Å²) in [5, 5.41) is 8.99. The van der Waals surface area contributed by atoms with Crippen molar-refractivity contribution in [2.75, 3.05) is 26.6 Å². The van der Waals surface area contributed by atoms with Crippen LogP contribution in [0.1, 0.15) is 43.3 Å². The Hall–Kier alpha value is -5.06. The van der Waals surface area contributed by atoms with Gasteiger partial charge in [-0.3, -0.25) is 14.4 Å². The third-order valence-corrected chi connectivity index (χ3v) is 7.98. The van der Waals surface area contributed by atoms with E-state index < -0.39 is 12.1 Å². The first-order valence-electron chi connectivity index (χ1n) is 14.4. The van der Waals surface area contributed by atoms with Crippen molar-refractivity contribution < 1.29 is 23.8 Å². The van der Waals surface area contributed by atoms with E-state index in [1.807, 2.05) is 48.0 Å². The van der Waals surface area contributed by atoms with E-state index >= 15 is 0 Å². The number of carbonyl (C=O) groups is 2. The fraction of sp³-hybridized carbons (Fsp3) is 0.333. The summed E-state index contributed by atoms with van der Waals surface area (Å²) in [5.41, 5.74) is 4.77. The molecule has 3 aromatic carbocycles. The van der Waals surface area contributed by atoms with Crippen LogP contribution in [0.2, 0.25) is 0 Å². The number of aromatic nitrogens is 2. The van der Waals surface area contributed by atoms with Crippen LogP contribution in [0.15, 0.2) is 53.3 Å². The van der Waals surface area contributed by atoms with Crippen LogP contribution >= 0.6 is 0 Å². The first kappa shape index (κ1) is 30.4. The molecule has 1 heterocycles. The normalized spacial score (nSPS) is 14.5. The molecule has 0 bridgehead atoms. The fourth-order valence-corrected chi connectivity index (χ4v) is 5.80. The number of rotatable bonds is 9. The molecule has 1 aliphatic rings. The van der Waals surface area contributed by atoms with Crippen molar-refractivity contribution in [3.05, 3.63) is 75.7 Å². The highest BCUT2D eigenvalue weighted by Crippen LogP contribution is 2.50. The molecular weight excluding hydrogens is 562 g/mol. The third-order valence-electron chi connectivity index (χ3n) is 7.98. The number of aryl methyl sites for hydroxylation is 2. The number of nitrogens with zero attached hydrogens (tertiary/aromatic N) is 2. The van der Waals surface area contributed by atoms with Gasteiger partial charge in [-0.1, -0.05) is 18.2 Å². The molecule has 0 saturated heterocycles. The van der Waals surface area contributed by atoms with E-state index in [9.17, 15) is 14.4 Å². The summed E-state index contributed by atoms with van der Waals surface area (Å²) >= 11 is 0. The van der Waals surface area contributed by atoms with E-state index in [2.05, 4.69) is 20.9 Å². The first-order chi connectivity index (χ1) is 21.2. The van der Waals surface area contributed by atoms with Gasteiger partial charge in [0.25, 0.3) is 0 Å². The number of ether oxygens (including phenoxy) is 3. The van der Waals surface area contributed by atoms with Crippen LogP contribution in [0.3, 0.4) is 0 Å². The summed E-state index contributed by atoms with van der Waals surface area (Å²) in [7, 11) is 6.56. The first-order valence-corrected chi connectivity index (χ1v) is 14.4.